The molecule has 0 radical (unpaired) electrons. The Morgan fingerprint density at radius 3 is 2.50 bits per heavy atom. The maximum absolute atomic E-state index is 12.9. The van der Waals surface area contributed by atoms with Crippen LogP contribution < -0.4 is 14.8 Å². The number of benzene rings is 2. The molecule has 0 unspecified atom stereocenters. The number of hydrogen-bond acceptors (Lipinski definition) is 4. The van der Waals surface area contributed by atoms with Gasteiger partial charge in [-0.2, -0.15) is 0 Å². The van der Waals surface area contributed by atoms with Crippen molar-refractivity contribution in [3.05, 3.63) is 53.8 Å². The highest BCUT2D eigenvalue weighted by atomic mass is 32.2. The van der Waals surface area contributed by atoms with Gasteiger partial charge >= 0.3 is 0 Å². The van der Waals surface area contributed by atoms with Crippen LogP contribution in [0, 0.1) is 11.7 Å². The number of hydrogen-bond donors (Lipinski definition) is 1. The zero-order chi connectivity index (χ0) is 18.5. The first-order chi connectivity index (χ1) is 12.5. The maximum atomic E-state index is 12.9. The standard InChI is InChI=1S/C20H22FNO3S/c1-13(2)20(14-3-8-17-18(11-14)25-10-9-24-17)22-19(23)12-26-16-6-4-15(21)5-7-16/h3-8,11,13,20H,9-10,12H2,1-2H3,(H,22,23)/t20-/m1/s1. The molecule has 26 heavy (non-hydrogen) atoms. The van der Waals surface area contributed by atoms with Gasteiger partial charge in [0.05, 0.1) is 11.8 Å². The zero-order valence-corrected chi connectivity index (χ0v) is 15.6. The third-order valence-corrected chi connectivity index (χ3v) is 5.10. The Bertz CT molecular complexity index is 764. The van der Waals surface area contributed by atoms with Gasteiger partial charge in [-0.1, -0.05) is 19.9 Å². The van der Waals surface area contributed by atoms with Crippen LogP contribution in [0.15, 0.2) is 47.4 Å². The van der Waals surface area contributed by atoms with E-state index in [4.69, 9.17) is 9.47 Å². The summed E-state index contributed by atoms with van der Waals surface area (Å²) < 4.78 is 24.1. The second-order valence-corrected chi connectivity index (χ2v) is 7.48. The number of thioether (sulfide) groups is 1. The molecule has 0 spiro atoms. The number of fused-ring (bicyclic) bond motifs is 1. The topological polar surface area (TPSA) is 47.6 Å². The first kappa shape index (κ1) is 18.6. The molecule has 6 heteroatoms. The summed E-state index contributed by atoms with van der Waals surface area (Å²) in [6.07, 6.45) is 0. The van der Waals surface area contributed by atoms with Crippen LogP contribution in [0.1, 0.15) is 25.5 Å². The molecule has 2 aromatic rings. The predicted octanol–water partition coefficient (Wildman–Crippen LogP) is 4.20. The van der Waals surface area contributed by atoms with Crippen molar-refractivity contribution in [2.45, 2.75) is 24.8 Å². The average Bonchev–Trinajstić information content (AvgIpc) is 2.65. The van der Waals surface area contributed by atoms with Crippen LogP contribution in [0.3, 0.4) is 0 Å². The van der Waals surface area contributed by atoms with E-state index in [-0.39, 0.29) is 29.4 Å². The van der Waals surface area contributed by atoms with Gasteiger partial charge in [0.15, 0.2) is 11.5 Å². The van der Waals surface area contributed by atoms with Crippen LogP contribution in [0.4, 0.5) is 4.39 Å². The average molecular weight is 375 g/mol. The van der Waals surface area contributed by atoms with Crippen molar-refractivity contribution >= 4 is 17.7 Å². The van der Waals surface area contributed by atoms with E-state index in [1.807, 2.05) is 18.2 Å². The first-order valence-electron chi connectivity index (χ1n) is 8.60. The lowest BCUT2D eigenvalue weighted by Gasteiger charge is -2.25. The molecule has 1 aliphatic rings. The van der Waals surface area contributed by atoms with Crippen molar-refractivity contribution in [3.8, 4) is 11.5 Å². The van der Waals surface area contributed by atoms with E-state index >= 15 is 0 Å². The highest BCUT2D eigenvalue weighted by Gasteiger charge is 2.21. The quantitative estimate of drug-likeness (QED) is 0.769. The normalized spacial score (nSPS) is 14.2. The van der Waals surface area contributed by atoms with E-state index in [9.17, 15) is 9.18 Å². The van der Waals surface area contributed by atoms with Crippen LogP contribution >= 0.6 is 11.8 Å². The summed E-state index contributed by atoms with van der Waals surface area (Å²) in [7, 11) is 0. The van der Waals surface area contributed by atoms with E-state index in [1.165, 1.54) is 23.9 Å². The Morgan fingerprint density at radius 1 is 1.12 bits per heavy atom. The van der Waals surface area contributed by atoms with E-state index in [0.717, 1.165) is 16.2 Å². The molecule has 1 amide bonds. The Kier molecular flexibility index (Phi) is 6.04. The summed E-state index contributed by atoms with van der Waals surface area (Å²) in [5.74, 6) is 1.61. The second kappa shape index (κ2) is 8.45. The molecule has 1 N–H and O–H groups in total. The molecule has 1 aliphatic heterocycles. The minimum Gasteiger partial charge on any atom is -0.486 e. The van der Waals surface area contributed by atoms with Gasteiger partial charge in [-0.15, -0.1) is 11.8 Å². The van der Waals surface area contributed by atoms with Gasteiger partial charge in [-0.3, -0.25) is 4.79 Å². The number of nitrogens with one attached hydrogen (secondary N) is 1. The summed E-state index contributed by atoms with van der Waals surface area (Å²) in [5.41, 5.74) is 0.990. The summed E-state index contributed by atoms with van der Waals surface area (Å²) in [6, 6.07) is 11.8. The van der Waals surface area contributed by atoms with Crippen LogP contribution in [-0.4, -0.2) is 24.9 Å². The molecule has 0 fully saturated rings. The SMILES string of the molecule is CC(C)[C@@H](NC(=O)CSc1ccc(F)cc1)c1ccc2c(c1)OCCO2. The monoisotopic (exact) mass is 375 g/mol. The Labute approximate surface area is 157 Å². The molecule has 0 bridgehead atoms. The lowest BCUT2D eigenvalue weighted by molar-refractivity contribution is -0.119. The predicted molar refractivity (Wildman–Crippen MR) is 100 cm³/mol. The number of amides is 1. The summed E-state index contributed by atoms with van der Waals surface area (Å²) >= 11 is 1.39. The van der Waals surface area contributed by atoms with Crippen molar-refractivity contribution in [1.29, 1.82) is 0 Å². The fourth-order valence-electron chi connectivity index (χ4n) is 2.78. The van der Waals surface area contributed by atoms with Crippen LogP contribution in [-0.2, 0) is 4.79 Å². The fraction of sp³-hybridized carbons (Fsp3) is 0.350. The van der Waals surface area contributed by atoms with Crippen LogP contribution in [0.2, 0.25) is 0 Å². The summed E-state index contributed by atoms with van der Waals surface area (Å²) in [5, 5.41) is 3.09. The Hall–Kier alpha value is -2.21. The van der Waals surface area contributed by atoms with Crippen LogP contribution in [0.5, 0.6) is 11.5 Å². The highest BCUT2D eigenvalue weighted by Crippen LogP contribution is 2.34. The number of halogens is 1. The van der Waals surface area contributed by atoms with Gasteiger partial charge in [0.2, 0.25) is 5.91 Å². The molecule has 1 heterocycles. The van der Waals surface area contributed by atoms with E-state index in [2.05, 4.69) is 19.2 Å². The largest absolute Gasteiger partial charge is 0.486 e. The molecule has 1 atom stereocenters. The molecular formula is C20H22FNO3S. The lowest BCUT2D eigenvalue weighted by Crippen LogP contribution is -2.33. The van der Waals surface area contributed by atoms with Gasteiger partial charge < -0.3 is 14.8 Å². The first-order valence-corrected chi connectivity index (χ1v) is 9.59. The van der Waals surface area contributed by atoms with Crippen LogP contribution in [0.25, 0.3) is 0 Å². The van der Waals surface area contributed by atoms with Gasteiger partial charge in [-0.25, -0.2) is 4.39 Å². The molecule has 4 nitrogen and oxygen atoms in total. The molecule has 0 saturated heterocycles. The summed E-state index contributed by atoms with van der Waals surface area (Å²) in [6.45, 7) is 5.21. The number of carbonyl (C=O) groups is 1. The molecular weight excluding hydrogens is 353 g/mol. The van der Waals surface area contributed by atoms with Gasteiger partial charge in [0.25, 0.3) is 0 Å². The fourth-order valence-corrected chi connectivity index (χ4v) is 3.49. The van der Waals surface area contributed by atoms with E-state index < -0.39 is 0 Å². The highest BCUT2D eigenvalue weighted by molar-refractivity contribution is 8.00. The van der Waals surface area contributed by atoms with Crippen molar-refractivity contribution in [3.63, 3.8) is 0 Å². The second-order valence-electron chi connectivity index (χ2n) is 6.43. The van der Waals surface area contributed by atoms with Crippen molar-refractivity contribution in [2.75, 3.05) is 19.0 Å². The third kappa shape index (κ3) is 4.69. The zero-order valence-electron chi connectivity index (χ0n) is 14.8. The minimum absolute atomic E-state index is 0.0621. The molecule has 138 valence electrons. The van der Waals surface area contributed by atoms with Crippen molar-refractivity contribution < 1.29 is 18.7 Å². The number of ether oxygens (including phenoxy) is 2. The van der Waals surface area contributed by atoms with Crippen molar-refractivity contribution in [1.82, 2.24) is 5.32 Å². The third-order valence-electron chi connectivity index (χ3n) is 4.09. The molecule has 0 aliphatic carbocycles. The lowest BCUT2D eigenvalue weighted by atomic mass is 9.95. The smallest absolute Gasteiger partial charge is 0.230 e. The van der Waals surface area contributed by atoms with Gasteiger partial charge in [0, 0.05) is 4.90 Å². The molecule has 3 rings (SSSR count). The Balaban J connectivity index is 1.64. The number of rotatable bonds is 6. The number of carbonyl (C=O) groups excluding carboxylic acids is 1. The van der Waals surface area contributed by atoms with E-state index in [1.54, 1.807) is 12.1 Å². The van der Waals surface area contributed by atoms with Gasteiger partial charge in [0.1, 0.15) is 19.0 Å². The minimum atomic E-state index is -0.280. The summed E-state index contributed by atoms with van der Waals surface area (Å²) in [4.78, 5) is 13.3. The molecule has 2 aromatic carbocycles. The Morgan fingerprint density at radius 2 is 1.81 bits per heavy atom. The molecule has 0 saturated carbocycles. The maximum Gasteiger partial charge on any atom is 0.230 e. The van der Waals surface area contributed by atoms with E-state index in [0.29, 0.717) is 19.0 Å². The van der Waals surface area contributed by atoms with Crippen molar-refractivity contribution in [2.24, 2.45) is 5.92 Å². The van der Waals surface area contributed by atoms with Gasteiger partial charge in [-0.05, 0) is 47.9 Å². The molecule has 0 aromatic heterocycles.